The van der Waals surface area contributed by atoms with Crippen molar-refractivity contribution in [2.24, 2.45) is 0 Å². The Morgan fingerprint density at radius 3 is 1.50 bits per heavy atom. The molecule has 0 saturated heterocycles. The van der Waals surface area contributed by atoms with Gasteiger partial charge in [0.05, 0.1) is 0 Å². The van der Waals surface area contributed by atoms with Crippen molar-refractivity contribution < 1.29 is 25.0 Å². The second-order valence-corrected chi connectivity index (χ2v) is 1.54. The van der Waals surface area contributed by atoms with Gasteiger partial charge in [0.1, 0.15) is 0 Å². The van der Waals surface area contributed by atoms with Gasteiger partial charge in [-0.25, -0.2) is 4.57 Å². The molecule has 0 aliphatic heterocycles. The van der Waals surface area contributed by atoms with Crippen LogP contribution in [0.2, 0.25) is 0 Å². The van der Waals surface area contributed by atoms with Crippen LogP contribution in [-0.2, 0) is 4.57 Å². The Bertz CT molecular complexity index is 63.4. The minimum absolute atomic E-state index is 0. The van der Waals surface area contributed by atoms with Crippen molar-refractivity contribution in [3.05, 3.63) is 0 Å². The molecule has 0 aromatic heterocycles. The molecule has 0 heterocycles. The number of phosphoric acid groups is 1. The van der Waals surface area contributed by atoms with Crippen LogP contribution in [-0.4, -0.2) is 37.7 Å². The van der Waals surface area contributed by atoms with E-state index in [0.29, 0.717) is 0 Å². The van der Waals surface area contributed by atoms with Crippen LogP contribution < -0.4 is 0 Å². The maximum absolute atomic E-state index is 8.88. The molecule has 0 unspecified atom stereocenters. The molecule has 0 bridgehead atoms. The zero-order valence-corrected chi connectivity index (χ0v) is 5.21. The smallest absolute Gasteiger partial charge is 1.00 e. The van der Waals surface area contributed by atoms with E-state index in [1.165, 1.54) is 0 Å². The molecule has 6 heteroatoms. The van der Waals surface area contributed by atoms with Gasteiger partial charge < -0.3 is 17.5 Å². The first kappa shape index (κ1) is 9.99. The molecule has 4 nitrogen and oxygen atoms in total. The Kier molecular flexibility index (Phi) is 4.92. The SMILES string of the molecule is O=P(O)(O)O.[H+].[H+].[H-].[H-].[Mg+2]. The molecule has 0 fully saturated rings. The summed E-state index contributed by atoms with van der Waals surface area (Å²) in [6.45, 7) is 0. The van der Waals surface area contributed by atoms with Crippen molar-refractivity contribution >= 4 is 30.9 Å². The van der Waals surface area contributed by atoms with Crippen molar-refractivity contribution in [2.75, 3.05) is 0 Å². The fraction of sp³-hybridized carbons (Fsp3) is 0. The predicted octanol–water partition coefficient (Wildman–Crippen LogP) is -0.859. The molecular weight excluding hydrogens is 119 g/mol. The average Bonchev–Trinajstić information content (AvgIpc) is 0.722. The minimum atomic E-state index is -4.64. The van der Waals surface area contributed by atoms with Gasteiger partial charge in [0.25, 0.3) is 0 Å². The van der Waals surface area contributed by atoms with Gasteiger partial charge in [-0.05, 0) is 0 Å². The Labute approximate surface area is 56.5 Å². The normalized spacial score (nSPS) is 9.83. The average molecular weight is 126 g/mol. The number of hydrogen-bond donors (Lipinski definition) is 3. The third kappa shape index (κ3) is 95.4. The summed E-state index contributed by atoms with van der Waals surface area (Å²) in [5.74, 6) is 0. The summed E-state index contributed by atoms with van der Waals surface area (Å²) in [4.78, 5) is 21.6. The Morgan fingerprint density at radius 2 is 1.50 bits per heavy atom. The van der Waals surface area contributed by atoms with E-state index in [2.05, 4.69) is 0 Å². The summed E-state index contributed by atoms with van der Waals surface area (Å²) in [6.07, 6.45) is 0. The van der Waals surface area contributed by atoms with Gasteiger partial charge >= 0.3 is 33.7 Å². The van der Waals surface area contributed by atoms with Crippen LogP contribution in [0.4, 0.5) is 0 Å². The number of hydrogen-bond acceptors (Lipinski definition) is 1. The van der Waals surface area contributed by atoms with Gasteiger partial charge in [-0.2, -0.15) is 0 Å². The first-order chi connectivity index (χ1) is 2.00. The second-order valence-electron chi connectivity index (χ2n) is 0.513. The third-order valence-corrected chi connectivity index (χ3v) is 0. The molecule has 0 aromatic rings. The van der Waals surface area contributed by atoms with E-state index >= 15 is 0 Å². The third-order valence-electron chi connectivity index (χ3n) is 0. The van der Waals surface area contributed by atoms with E-state index in [1.54, 1.807) is 0 Å². The van der Waals surface area contributed by atoms with Crippen molar-refractivity contribution in [1.29, 1.82) is 0 Å². The first-order valence-corrected chi connectivity index (χ1v) is 2.35. The molecule has 0 spiro atoms. The molecule has 36 valence electrons. The summed E-state index contributed by atoms with van der Waals surface area (Å²) in [6, 6.07) is 0. The van der Waals surface area contributed by atoms with Crippen LogP contribution in [0.3, 0.4) is 0 Å². The summed E-state index contributed by atoms with van der Waals surface area (Å²) >= 11 is 0. The van der Waals surface area contributed by atoms with E-state index in [0.717, 1.165) is 0 Å². The van der Waals surface area contributed by atoms with E-state index in [4.69, 9.17) is 19.2 Å². The quantitative estimate of drug-likeness (QED) is 0.292. The molecule has 0 aliphatic rings. The largest absolute Gasteiger partial charge is 2.00 e. The second kappa shape index (κ2) is 2.96. The standard InChI is InChI=1S/Mg.H3O4P.2H/c;1-5(2,3)4;;/h;(H3,1,2,3,4);;/q+2;;2*-1/p+2. The molecule has 3 N–H and O–H groups in total. The van der Waals surface area contributed by atoms with Crippen LogP contribution in [0.5, 0.6) is 0 Å². The van der Waals surface area contributed by atoms with E-state index < -0.39 is 7.82 Å². The van der Waals surface area contributed by atoms with E-state index in [1.807, 2.05) is 0 Å². The zero-order chi connectivity index (χ0) is 4.50. The Hall–Kier alpha value is 0.876. The van der Waals surface area contributed by atoms with Crippen molar-refractivity contribution in [3.8, 4) is 0 Å². The summed E-state index contributed by atoms with van der Waals surface area (Å²) < 4.78 is 8.88. The molecule has 0 saturated carbocycles. The Balaban J connectivity index is -0.00000000800. The minimum Gasteiger partial charge on any atom is -1.00 e. The maximum atomic E-state index is 8.88. The van der Waals surface area contributed by atoms with Gasteiger partial charge in [0, 0.05) is 0 Å². The van der Waals surface area contributed by atoms with Gasteiger partial charge in [-0.15, -0.1) is 0 Å². The van der Waals surface area contributed by atoms with Crippen LogP contribution in [0.1, 0.15) is 5.71 Å². The predicted molar refractivity (Wildman–Crippen MR) is 24.5 cm³/mol. The Morgan fingerprint density at radius 1 is 1.50 bits per heavy atom. The summed E-state index contributed by atoms with van der Waals surface area (Å²) in [5.41, 5.74) is 0. The van der Waals surface area contributed by atoms with Crippen molar-refractivity contribution in [1.82, 2.24) is 0 Å². The van der Waals surface area contributed by atoms with Crippen LogP contribution in [0.15, 0.2) is 0 Å². The molecule has 0 rings (SSSR count). The molecule has 0 radical (unpaired) electrons. The molecule has 0 aromatic carbocycles. The zero-order valence-electron chi connectivity index (χ0n) is 6.90. The summed E-state index contributed by atoms with van der Waals surface area (Å²) in [7, 11) is -4.64. The molecule has 0 amide bonds. The fourth-order valence-corrected chi connectivity index (χ4v) is 0. The van der Waals surface area contributed by atoms with Crippen LogP contribution in [0, 0.1) is 0 Å². The fourth-order valence-electron chi connectivity index (χ4n) is 0. The van der Waals surface area contributed by atoms with Gasteiger partial charge in [-0.1, -0.05) is 0 Å². The van der Waals surface area contributed by atoms with Gasteiger partial charge in [0.2, 0.25) is 0 Å². The molecule has 0 aliphatic carbocycles. The van der Waals surface area contributed by atoms with Crippen molar-refractivity contribution in [2.45, 2.75) is 0 Å². The molecular formula is H7MgO4P+2. The van der Waals surface area contributed by atoms with Crippen LogP contribution in [0.25, 0.3) is 0 Å². The molecule has 6 heavy (non-hydrogen) atoms. The number of rotatable bonds is 0. The van der Waals surface area contributed by atoms with E-state index in [-0.39, 0.29) is 28.8 Å². The molecule has 0 atom stereocenters. The van der Waals surface area contributed by atoms with E-state index in [9.17, 15) is 0 Å². The summed E-state index contributed by atoms with van der Waals surface area (Å²) in [5, 5.41) is 0. The maximum Gasteiger partial charge on any atom is 2.00 e. The first-order valence-electron chi connectivity index (χ1n) is 0.783. The van der Waals surface area contributed by atoms with Crippen molar-refractivity contribution in [3.63, 3.8) is 0 Å². The van der Waals surface area contributed by atoms with Gasteiger partial charge in [-0.3, -0.25) is 0 Å². The monoisotopic (exact) mass is 126 g/mol. The van der Waals surface area contributed by atoms with Crippen LogP contribution >= 0.6 is 7.82 Å². The topological polar surface area (TPSA) is 77.8 Å². The van der Waals surface area contributed by atoms with Gasteiger partial charge in [0.15, 0.2) is 0 Å².